The fourth-order valence-electron chi connectivity index (χ4n) is 3.05. The molecule has 5 nitrogen and oxygen atoms in total. The summed E-state index contributed by atoms with van der Waals surface area (Å²) in [7, 11) is 0. The average molecular weight is 465 g/mol. The number of hydrogen-bond donors (Lipinski definition) is 2. The van der Waals surface area contributed by atoms with Crippen LogP contribution in [0.15, 0.2) is 48.5 Å². The Morgan fingerprint density at radius 3 is 2.34 bits per heavy atom. The van der Waals surface area contributed by atoms with Crippen LogP contribution in [0.25, 0.3) is 10.1 Å². The lowest BCUT2D eigenvalue weighted by molar-refractivity contribution is -0.144. The van der Waals surface area contributed by atoms with Gasteiger partial charge in [-0.05, 0) is 43.2 Å². The lowest BCUT2D eigenvalue weighted by Crippen LogP contribution is -2.51. The van der Waals surface area contributed by atoms with E-state index in [1.165, 1.54) is 30.4 Å². The van der Waals surface area contributed by atoms with Gasteiger partial charge in [-0.2, -0.15) is 13.2 Å². The van der Waals surface area contributed by atoms with Crippen LogP contribution in [0.3, 0.4) is 0 Å². The zero-order valence-electron chi connectivity index (χ0n) is 17.5. The highest BCUT2D eigenvalue weighted by molar-refractivity contribution is 7.21. The molecular weight excluding hydrogens is 443 g/mol. The molecule has 0 bridgehead atoms. The quantitative estimate of drug-likeness (QED) is 0.459. The average Bonchev–Trinajstić information content (AvgIpc) is 3.12. The van der Waals surface area contributed by atoms with Crippen molar-refractivity contribution in [2.24, 2.45) is 0 Å². The summed E-state index contributed by atoms with van der Waals surface area (Å²) in [5, 5.41) is 12.7. The van der Waals surface area contributed by atoms with Crippen LogP contribution < -0.4 is 10.1 Å². The third-order valence-electron chi connectivity index (χ3n) is 5.24. The van der Waals surface area contributed by atoms with Gasteiger partial charge in [0.2, 0.25) is 0 Å². The number of carboxylic acids is 1. The van der Waals surface area contributed by atoms with Gasteiger partial charge in [0.05, 0.1) is 12.2 Å². The van der Waals surface area contributed by atoms with E-state index in [-0.39, 0.29) is 17.9 Å². The number of fused-ring (bicyclic) bond motifs is 1. The van der Waals surface area contributed by atoms with Crippen molar-refractivity contribution < 1.29 is 32.6 Å². The largest absolute Gasteiger partial charge is 0.491 e. The van der Waals surface area contributed by atoms with Crippen molar-refractivity contribution in [3.63, 3.8) is 0 Å². The van der Waals surface area contributed by atoms with E-state index in [9.17, 15) is 27.9 Å². The number of carboxylic acid groups (broad SMARTS) is 1. The molecule has 170 valence electrons. The van der Waals surface area contributed by atoms with E-state index in [0.717, 1.165) is 16.8 Å². The number of nitrogens with one attached hydrogen (secondary N) is 1. The molecule has 9 heteroatoms. The van der Waals surface area contributed by atoms with Gasteiger partial charge in [-0.15, -0.1) is 11.3 Å². The molecule has 0 aliphatic heterocycles. The molecule has 2 aromatic carbocycles. The van der Waals surface area contributed by atoms with Crippen LogP contribution in [0.4, 0.5) is 13.2 Å². The van der Waals surface area contributed by atoms with Crippen molar-refractivity contribution >= 4 is 33.3 Å². The molecule has 0 saturated heterocycles. The van der Waals surface area contributed by atoms with E-state index in [1.807, 2.05) is 12.1 Å². The number of benzene rings is 2. The molecule has 0 aliphatic carbocycles. The molecule has 0 saturated carbocycles. The Hall–Kier alpha value is -3.07. The van der Waals surface area contributed by atoms with Gasteiger partial charge in [0.1, 0.15) is 10.4 Å². The summed E-state index contributed by atoms with van der Waals surface area (Å²) in [6.45, 7) is 3.24. The van der Waals surface area contributed by atoms with Crippen LogP contribution in [-0.2, 0) is 17.4 Å². The molecule has 3 aromatic rings. The van der Waals surface area contributed by atoms with Gasteiger partial charge in [-0.1, -0.05) is 31.2 Å². The minimum Gasteiger partial charge on any atom is -0.491 e. The van der Waals surface area contributed by atoms with Gasteiger partial charge in [0.15, 0.2) is 5.75 Å². The molecule has 0 fully saturated rings. The SMILES string of the molecule is CCC(C)(NC(=O)c1sc2ccccc2c1OCCc1ccc(C(F)(F)F)cc1)C(=O)O. The molecular formula is C23H22F3NO4S. The Bertz CT molecular complexity index is 1120. The van der Waals surface area contributed by atoms with Crippen molar-refractivity contribution in [3.8, 4) is 5.75 Å². The van der Waals surface area contributed by atoms with Gasteiger partial charge in [-0.25, -0.2) is 4.79 Å². The second kappa shape index (κ2) is 9.20. The maximum atomic E-state index is 12.9. The predicted molar refractivity (Wildman–Crippen MR) is 116 cm³/mol. The third kappa shape index (κ3) is 5.04. The minimum atomic E-state index is -4.39. The molecule has 32 heavy (non-hydrogen) atoms. The number of amides is 1. The van der Waals surface area contributed by atoms with Crippen LogP contribution in [0.5, 0.6) is 5.75 Å². The first-order valence-corrected chi connectivity index (χ1v) is 10.7. The number of carbonyl (C=O) groups is 2. The first-order valence-electron chi connectivity index (χ1n) is 9.91. The number of alkyl halides is 3. The highest BCUT2D eigenvalue weighted by Crippen LogP contribution is 2.38. The van der Waals surface area contributed by atoms with Crippen molar-refractivity contribution in [2.75, 3.05) is 6.61 Å². The molecule has 1 atom stereocenters. The van der Waals surface area contributed by atoms with Crippen LogP contribution in [0.2, 0.25) is 0 Å². The lowest BCUT2D eigenvalue weighted by atomic mass is 9.99. The maximum absolute atomic E-state index is 12.9. The summed E-state index contributed by atoms with van der Waals surface area (Å²) < 4.78 is 44.9. The van der Waals surface area contributed by atoms with Crippen molar-refractivity contribution in [2.45, 2.75) is 38.4 Å². The molecule has 0 spiro atoms. The van der Waals surface area contributed by atoms with Gasteiger partial charge >= 0.3 is 12.1 Å². The summed E-state index contributed by atoms with van der Waals surface area (Å²) in [4.78, 5) is 24.8. The maximum Gasteiger partial charge on any atom is 0.416 e. The van der Waals surface area contributed by atoms with E-state index in [2.05, 4.69) is 5.32 Å². The Morgan fingerprint density at radius 2 is 1.75 bits per heavy atom. The summed E-state index contributed by atoms with van der Waals surface area (Å²) in [5.41, 5.74) is -1.49. The van der Waals surface area contributed by atoms with E-state index < -0.39 is 29.2 Å². The summed E-state index contributed by atoms with van der Waals surface area (Å²) in [6.07, 6.45) is -3.86. The number of halogens is 3. The molecule has 2 N–H and O–H groups in total. The smallest absolute Gasteiger partial charge is 0.416 e. The summed E-state index contributed by atoms with van der Waals surface area (Å²) >= 11 is 1.19. The van der Waals surface area contributed by atoms with Crippen molar-refractivity contribution in [1.29, 1.82) is 0 Å². The monoisotopic (exact) mass is 465 g/mol. The Labute approximate surface area is 186 Å². The highest BCUT2D eigenvalue weighted by Gasteiger charge is 2.34. The fraction of sp³-hybridized carbons (Fsp3) is 0.304. The fourth-order valence-corrected chi connectivity index (χ4v) is 4.09. The standard InChI is InChI=1S/C23H22F3NO4S/c1-3-22(2,21(29)30)27-20(28)19-18(16-6-4-5-7-17(16)32-19)31-13-12-14-8-10-15(11-9-14)23(24,25)26/h4-11H,3,12-13H2,1-2H3,(H,27,28)(H,29,30). The molecule has 1 heterocycles. The number of ether oxygens (including phenoxy) is 1. The van der Waals surface area contributed by atoms with Crippen LogP contribution in [-0.4, -0.2) is 29.1 Å². The number of carbonyl (C=O) groups excluding carboxylic acids is 1. The van der Waals surface area contributed by atoms with Crippen LogP contribution in [0.1, 0.15) is 41.1 Å². The van der Waals surface area contributed by atoms with E-state index in [0.29, 0.717) is 23.1 Å². The molecule has 0 aliphatic rings. The van der Waals surface area contributed by atoms with Gasteiger partial charge in [0, 0.05) is 16.5 Å². The molecule has 3 rings (SSSR count). The zero-order valence-corrected chi connectivity index (χ0v) is 18.3. The third-order valence-corrected chi connectivity index (χ3v) is 6.39. The highest BCUT2D eigenvalue weighted by atomic mass is 32.1. The van der Waals surface area contributed by atoms with Crippen LogP contribution >= 0.6 is 11.3 Å². The first-order chi connectivity index (χ1) is 15.0. The second-order valence-electron chi connectivity index (χ2n) is 7.49. The number of thiophene rings is 1. The minimum absolute atomic E-state index is 0.135. The number of hydrogen-bond acceptors (Lipinski definition) is 4. The normalized spacial score (nSPS) is 13.5. The second-order valence-corrected chi connectivity index (χ2v) is 8.55. The zero-order chi connectivity index (χ0) is 23.5. The topological polar surface area (TPSA) is 75.6 Å². The molecule has 1 amide bonds. The summed E-state index contributed by atoms with van der Waals surface area (Å²) in [5.74, 6) is -1.36. The van der Waals surface area contributed by atoms with Crippen molar-refractivity contribution in [1.82, 2.24) is 5.32 Å². The Kier molecular flexibility index (Phi) is 6.78. The van der Waals surface area contributed by atoms with E-state index in [1.54, 1.807) is 19.1 Å². The molecule has 1 unspecified atom stereocenters. The number of rotatable bonds is 8. The van der Waals surface area contributed by atoms with E-state index in [4.69, 9.17) is 4.74 Å². The van der Waals surface area contributed by atoms with Crippen molar-refractivity contribution in [3.05, 3.63) is 64.5 Å². The van der Waals surface area contributed by atoms with Gasteiger partial charge < -0.3 is 15.2 Å². The van der Waals surface area contributed by atoms with E-state index >= 15 is 0 Å². The first kappa shape index (κ1) is 23.6. The van der Waals surface area contributed by atoms with Gasteiger partial charge in [-0.3, -0.25) is 4.79 Å². The lowest BCUT2D eigenvalue weighted by Gasteiger charge is -2.24. The van der Waals surface area contributed by atoms with Gasteiger partial charge in [0.25, 0.3) is 5.91 Å². The predicted octanol–water partition coefficient (Wildman–Crippen LogP) is 5.52. The molecule has 0 radical (unpaired) electrons. The Balaban J connectivity index is 1.80. The van der Waals surface area contributed by atoms with Crippen LogP contribution in [0, 0.1) is 0 Å². The summed E-state index contributed by atoms with van der Waals surface area (Å²) in [6, 6.07) is 12.1. The Morgan fingerprint density at radius 1 is 1.09 bits per heavy atom. The number of aliphatic carboxylic acids is 1. The molecule has 1 aromatic heterocycles.